The summed E-state index contributed by atoms with van der Waals surface area (Å²) < 4.78 is 7.62. The molecule has 4 aromatic rings. The lowest BCUT2D eigenvalue weighted by Crippen LogP contribution is -2.39. The molecule has 2 atom stereocenters. The van der Waals surface area contributed by atoms with E-state index in [4.69, 9.17) is 9.72 Å². The van der Waals surface area contributed by atoms with Crippen molar-refractivity contribution in [2.24, 2.45) is 5.92 Å². The first kappa shape index (κ1) is 20.8. The molecule has 2 N–H and O–H groups in total. The molecule has 0 spiro atoms. The molecule has 0 unspecified atom stereocenters. The number of ether oxygens (including phenoxy) is 1. The van der Waals surface area contributed by atoms with Crippen LogP contribution < -0.4 is 15.4 Å². The first-order chi connectivity index (χ1) is 16.0. The lowest BCUT2D eigenvalue weighted by Gasteiger charge is -2.35. The number of amides is 1. The summed E-state index contributed by atoms with van der Waals surface area (Å²) >= 11 is 0. The number of carbonyl (C=O) groups is 1. The second kappa shape index (κ2) is 8.47. The Hall–Kier alpha value is -4.06. The van der Waals surface area contributed by atoms with E-state index in [1.54, 1.807) is 0 Å². The van der Waals surface area contributed by atoms with Crippen LogP contribution in [0.3, 0.4) is 0 Å². The fraction of sp³-hybridized carbons (Fsp3) is 0.185. The maximum atomic E-state index is 13.6. The Balaban J connectivity index is 1.56. The average molecular weight is 439 g/mol. The molecule has 0 fully saturated rings. The van der Waals surface area contributed by atoms with Crippen molar-refractivity contribution in [2.45, 2.75) is 19.9 Å². The van der Waals surface area contributed by atoms with Gasteiger partial charge in [-0.25, -0.2) is 4.98 Å². The number of fused-ring (bicyclic) bond motifs is 3. The molecule has 33 heavy (non-hydrogen) atoms. The lowest BCUT2D eigenvalue weighted by atomic mass is 9.87. The zero-order valence-corrected chi connectivity index (χ0v) is 18.7. The van der Waals surface area contributed by atoms with Gasteiger partial charge >= 0.3 is 0 Å². The number of anilines is 2. The first-order valence-corrected chi connectivity index (χ1v) is 11.1. The van der Waals surface area contributed by atoms with Crippen LogP contribution in [0.2, 0.25) is 0 Å². The Labute approximate surface area is 192 Å². The van der Waals surface area contributed by atoms with E-state index in [1.165, 1.54) is 0 Å². The molecule has 5 rings (SSSR count). The number of hydrogen-bond donors (Lipinski definition) is 2. The van der Waals surface area contributed by atoms with Gasteiger partial charge in [0.1, 0.15) is 11.7 Å². The third-order valence-electron chi connectivity index (χ3n) is 5.97. The van der Waals surface area contributed by atoms with E-state index in [0.29, 0.717) is 23.9 Å². The predicted octanol–water partition coefficient (Wildman–Crippen LogP) is 5.53. The SMILES string of the molecule is C=C1Nc2nc3ccccc3n2[C@@H](c2ccc(C)cc2)[C@@H]1C(=O)Nc1ccc(OCC)cc1. The normalized spacial score (nSPS) is 17.3. The van der Waals surface area contributed by atoms with Crippen molar-refractivity contribution in [1.29, 1.82) is 0 Å². The molecule has 0 bridgehead atoms. The van der Waals surface area contributed by atoms with Crippen molar-refractivity contribution in [2.75, 3.05) is 17.2 Å². The minimum Gasteiger partial charge on any atom is -0.494 e. The third kappa shape index (κ3) is 3.84. The van der Waals surface area contributed by atoms with Gasteiger partial charge < -0.3 is 19.9 Å². The van der Waals surface area contributed by atoms with E-state index in [-0.39, 0.29) is 11.9 Å². The van der Waals surface area contributed by atoms with Crippen LogP contribution in [0.15, 0.2) is 85.1 Å². The zero-order valence-electron chi connectivity index (χ0n) is 18.7. The topological polar surface area (TPSA) is 68.2 Å². The summed E-state index contributed by atoms with van der Waals surface area (Å²) in [5.41, 5.74) is 5.36. The Morgan fingerprint density at radius 2 is 1.82 bits per heavy atom. The molecule has 1 amide bonds. The van der Waals surface area contributed by atoms with Crippen molar-refractivity contribution in [3.63, 3.8) is 0 Å². The largest absolute Gasteiger partial charge is 0.494 e. The number of hydrogen-bond acceptors (Lipinski definition) is 4. The highest BCUT2D eigenvalue weighted by atomic mass is 16.5. The fourth-order valence-electron chi connectivity index (χ4n) is 4.40. The van der Waals surface area contributed by atoms with Gasteiger partial charge in [0.15, 0.2) is 0 Å². The molecule has 1 aromatic heterocycles. The van der Waals surface area contributed by atoms with Crippen molar-refractivity contribution < 1.29 is 9.53 Å². The van der Waals surface area contributed by atoms with Gasteiger partial charge in [0, 0.05) is 11.4 Å². The summed E-state index contributed by atoms with van der Waals surface area (Å²) in [4.78, 5) is 18.4. The number of rotatable bonds is 5. The van der Waals surface area contributed by atoms with Crippen LogP contribution in [0.5, 0.6) is 5.75 Å². The number of imidazole rings is 1. The molecule has 2 heterocycles. The molecular weight excluding hydrogens is 412 g/mol. The highest BCUT2D eigenvalue weighted by Crippen LogP contribution is 2.41. The summed E-state index contributed by atoms with van der Waals surface area (Å²) in [6.45, 7) is 8.81. The number of aryl methyl sites for hydroxylation is 1. The molecule has 0 saturated heterocycles. The molecular formula is C27H26N4O2. The van der Waals surface area contributed by atoms with Gasteiger partial charge in [-0.1, -0.05) is 48.5 Å². The molecule has 6 heteroatoms. The second-order valence-electron chi connectivity index (χ2n) is 8.22. The van der Waals surface area contributed by atoms with Gasteiger partial charge in [0.25, 0.3) is 0 Å². The predicted molar refractivity (Wildman–Crippen MR) is 132 cm³/mol. The molecule has 6 nitrogen and oxygen atoms in total. The van der Waals surface area contributed by atoms with E-state index in [2.05, 4.69) is 53.0 Å². The van der Waals surface area contributed by atoms with Gasteiger partial charge in [0.2, 0.25) is 11.9 Å². The molecule has 1 aliphatic rings. The monoisotopic (exact) mass is 438 g/mol. The molecule has 0 radical (unpaired) electrons. The summed E-state index contributed by atoms with van der Waals surface area (Å²) in [6.07, 6.45) is 0. The van der Waals surface area contributed by atoms with Crippen LogP contribution in [-0.2, 0) is 4.79 Å². The lowest BCUT2D eigenvalue weighted by molar-refractivity contribution is -0.119. The van der Waals surface area contributed by atoms with Crippen LogP contribution in [0.1, 0.15) is 24.1 Å². The molecule has 3 aromatic carbocycles. The maximum absolute atomic E-state index is 13.6. The Kier molecular flexibility index (Phi) is 5.34. The van der Waals surface area contributed by atoms with Crippen molar-refractivity contribution in [1.82, 2.24) is 9.55 Å². The fourth-order valence-corrected chi connectivity index (χ4v) is 4.40. The zero-order chi connectivity index (χ0) is 22.9. The number of nitrogens with one attached hydrogen (secondary N) is 2. The summed E-state index contributed by atoms with van der Waals surface area (Å²) in [5.74, 6) is 0.790. The summed E-state index contributed by atoms with van der Waals surface area (Å²) in [7, 11) is 0. The maximum Gasteiger partial charge on any atom is 0.235 e. The van der Waals surface area contributed by atoms with Gasteiger partial charge in [-0.15, -0.1) is 0 Å². The summed E-state index contributed by atoms with van der Waals surface area (Å²) in [5, 5.41) is 6.34. The number of para-hydroxylation sites is 2. The van der Waals surface area contributed by atoms with Gasteiger partial charge in [0.05, 0.1) is 23.7 Å². The van der Waals surface area contributed by atoms with E-state index in [1.807, 2.05) is 55.5 Å². The minimum atomic E-state index is -0.538. The average Bonchev–Trinajstić information content (AvgIpc) is 3.18. The quantitative estimate of drug-likeness (QED) is 0.430. The van der Waals surface area contributed by atoms with Gasteiger partial charge in [-0.3, -0.25) is 4.79 Å². The van der Waals surface area contributed by atoms with Crippen LogP contribution in [0.4, 0.5) is 11.6 Å². The van der Waals surface area contributed by atoms with Crippen LogP contribution in [0.25, 0.3) is 11.0 Å². The standard InChI is InChI=1S/C27H26N4O2/c1-4-33-21-15-13-20(14-16-21)29-26(32)24-18(3)28-27-30-22-7-5-6-8-23(22)31(27)25(24)19-11-9-17(2)10-12-19/h5-16,24-25H,3-4H2,1-2H3,(H,28,30)(H,29,32)/t24-,25+/m1/s1. The molecule has 0 aliphatic carbocycles. The van der Waals surface area contributed by atoms with Crippen molar-refractivity contribution in [3.05, 3.63) is 96.2 Å². The summed E-state index contributed by atoms with van der Waals surface area (Å²) in [6, 6.07) is 23.4. The van der Waals surface area contributed by atoms with E-state index in [9.17, 15) is 4.79 Å². The number of aromatic nitrogens is 2. The highest BCUT2D eigenvalue weighted by Gasteiger charge is 2.39. The smallest absolute Gasteiger partial charge is 0.235 e. The molecule has 166 valence electrons. The number of carbonyl (C=O) groups excluding carboxylic acids is 1. The van der Waals surface area contributed by atoms with Crippen molar-refractivity contribution in [3.8, 4) is 5.75 Å². The van der Waals surface area contributed by atoms with Gasteiger partial charge in [-0.05, 0) is 55.8 Å². The van der Waals surface area contributed by atoms with Crippen LogP contribution in [0, 0.1) is 12.8 Å². The number of nitrogens with zero attached hydrogens (tertiary/aromatic N) is 2. The second-order valence-corrected chi connectivity index (χ2v) is 8.22. The Morgan fingerprint density at radius 1 is 1.09 bits per heavy atom. The van der Waals surface area contributed by atoms with E-state index >= 15 is 0 Å². The van der Waals surface area contributed by atoms with Crippen LogP contribution in [-0.4, -0.2) is 22.1 Å². The molecule has 0 saturated carbocycles. The highest BCUT2D eigenvalue weighted by molar-refractivity contribution is 5.96. The van der Waals surface area contributed by atoms with Crippen molar-refractivity contribution >= 4 is 28.6 Å². The molecule has 1 aliphatic heterocycles. The Bertz CT molecular complexity index is 1320. The Morgan fingerprint density at radius 3 is 2.55 bits per heavy atom. The first-order valence-electron chi connectivity index (χ1n) is 11.1. The van der Waals surface area contributed by atoms with E-state index in [0.717, 1.165) is 27.9 Å². The van der Waals surface area contributed by atoms with E-state index < -0.39 is 5.92 Å². The minimum absolute atomic E-state index is 0.134. The van der Waals surface area contributed by atoms with Crippen LogP contribution >= 0.6 is 0 Å². The van der Waals surface area contributed by atoms with Gasteiger partial charge in [-0.2, -0.15) is 0 Å². The number of benzene rings is 3. The third-order valence-corrected chi connectivity index (χ3v) is 5.97.